The number of rotatable bonds is 2. The van der Waals surface area contributed by atoms with Gasteiger partial charge in [-0.1, -0.05) is 12.1 Å². The number of nitrogens with zero attached hydrogens (tertiary/aromatic N) is 2. The van der Waals surface area contributed by atoms with Crippen molar-refractivity contribution >= 4 is 28.5 Å². The van der Waals surface area contributed by atoms with Gasteiger partial charge in [0.1, 0.15) is 5.54 Å². The molecule has 0 atom stereocenters. The van der Waals surface area contributed by atoms with E-state index in [-0.39, 0.29) is 5.91 Å². The maximum absolute atomic E-state index is 12.3. The molecule has 5 heteroatoms. The molecule has 0 saturated carbocycles. The molecule has 1 amide bonds. The lowest BCUT2D eigenvalue weighted by molar-refractivity contribution is 0.0881. The first-order chi connectivity index (χ1) is 9.06. The molecule has 1 aliphatic rings. The average Bonchev–Trinajstić information content (AvgIpc) is 2.42. The summed E-state index contributed by atoms with van der Waals surface area (Å²) in [7, 11) is 2.03. The van der Waals surface area contributed by atoms with Crippen molar-refractivity contribution in [2.24, 2.45) is 0 Å². The molecule has 1 fully saturated rings. The Hall–Kier alpha value is -1.13. The molecule has 1 saturated heterocycles. The Bertz CT molecular complexity index is 516. The van der Waals surface area contributed by atoms with Gasteiger partial charge in [0.2, 0.25) is 0 Å². The van der Waals surface area contributed by atoms with Crippen molar-refractivity contribution in [3.63, 3.8) is 0 Å². The molecule has 100 valence electrons. The highest BCUT2D eigenvalue weighted by atomic mass is 127. The normalized spacial score (nSPS) is 18.6. The first kappa shape index (κ1) is 14.3. The van der Waals surface area contributed by atoms with Crippen LogP contribution < -0.4 is 5.32 Å². The number of amides is 1. The molecule has 2 rings (SSSR count). The van der Waals surface area contributed by atoms with Crippen LogP contribution in [-0.2, 0) is 0 Å². The summed E-state index contributed by atoms with van der Waals surface area (Å²) in [5.41, 5.74) is -0.0839. The summed E-state index contributed by atoms with van der Waals surface area (Å²) in [6.07, 6.45) is 1.35. The number of piperidine rings is 1. The number of benzene rings is 1. The minimum Gasteiger partial charge on any atom is -0.334 e. The maximum Gasteiger partial charge on any atom is 0.253 e. The van der Waals surface area contributed by atoms with Gasteiger partial charge in [-0.05, 0) is 54.6 Å². The zero-order valence-electron chi connectivity index (χ0n) is 10.8. The Morgan fingerprint density at radius 1 is 1.42 bits per heavy atom. The van der Waals surface area contributed by atoms with Crippen LogP contribution in [0.3, 0.4) is 0 Å². The summed E-state index contributed by atoms with van der Waals surface area (Å²) in [6.45, 7) is 1.67. The number of carbonyl (C=O) groups is 1. The molecule has 0 radical (unpaired) electrons. The monoisotopic (exact) mass is 369 g/mol. The Kier molecular flexibility index (Phi) is 4.42. The zero-order chi connectivity index (χ0) is 13.9. The van der Waals surface area contributed by atoms with E-state index >= 15 is 0 Å². The van der Waals surface area contributed by atoms with Crippen LogP contribution in [-0.4, -0.2) is 36.5 Å². The van der Waals surface area contributed by atoms with Crippen LogP contribution in [0.2, 0.25) is 0 Å². The largest absolute Gasteiger partial charge is 0.334 e. The van der Waals surface area contributed by atoms with E-state index in [1.54, 1.807) is 6.07 Å². The number of likely N-dealkylation sites (tertiary alicyclic amines) is 1. The smallest absolute Gasteiger partial charge is 0.253 e. The summed E-state index contributed by atoms with van der Waals surface area (Å²) in [5.74, 6) is -0.156. The van der Waals surface area contributed by atoms with Gasteiger partial charge in [0.05, 0.1) is 11.6 Å². The fraction of sp³-hybridized carbons (Fsp3) is 0.429. The first-order valence-corrected chi connectivity index (χ1v) is 7.31. The Morgan fingerprint density at radius 2 is 2.05 bits per heavy atom. The van der Waals surface area contributed by atoms with E-state index in [1.807, 2.05) is 25.2 Å². The van der Waals surface area contributed by atoms with Crippen molar-refractivity contribution in [2.75, 3.05) is 20.1 Å². The molecule has 4 nitrogen and oxygen atoms in total. The number of nitrogens with one attached hydrogen (secondary N) is 1. The molecule has 1 N–H and O–H groups in total. The van der Waals surface area contributed by atoms with Gasteiger partial charge < -0.3 is 10.2 Å². The Morgan fingerprint density at radius 3 is 2.63 bits per heavy atom. The summed E-state index contributed by atoms with van der Waals surface area (Å²) in [6, 6.07) is 9.71. The van der Waals surface area contributed by atoms with Gasteiger partial charge in [-0.2, -0.15) is 5.26 Å². The SMILES string of the molecule is CN1CCC(C#N)(NC(=O)c2ccccc2I)CC1. The van der Waals surface area contributed by atoms with Crippen LogP contribution in [0.1, 0.15) is 23.2 Å². The van der Waals surface area contributed by atoms with Gasteiger partial charge in [0.15, 0.2) is 0 Å². The van der Waals surface area contributed by atoms with Crippen molar-refractivity contribution in [2.45, 2.75) is 18.4 Å². The van der Waals surface area contributed by atoms with Crippen molar-refractivity contribution in [3.05, 3.63) is 33.4 Å². The van der Waals surface area contributed by atoms with Crippen LogP contribution in [0.25, 0.3) is 0 Å². The van der Waals surface area contributed by atoms with Crippen LogP contribution in [0.15, 0.2) is 24.3 Å². The Balaban J connectivity index is 2.14. The van der Waals surface area contributed by atoms with E-state index in [9.17, 15) is 10.1 Å². The highest BCUT2D eigenvalue weighted by Gasteiger charge is 2.35. The van der Waals surface area contributed by atoms with Crippen molar-refractivity contribution in [3.8, 4) is 6.07 Å². The van der Waals surface area contributed by atoms with Crippen molar-refractivity contribution in [1.29, 1.82) is 5.26 Å². The van der Waals surface area contributed by atoms with Crippen molar-refractivity contribution in [1.82, 2.24) is 10.2 Å². The second kappa shape index (κ2) is 5.88. The number of carbonyl (C=O) groups excluding carboxylic acids is 1. The highest BCUT2D eigenvalue weighted by Crippen LogP contribution is 2.22. The number of hydrogen-bond donors (Lipinski definition) is 1. The van der Waals surface area contributed by atoms with E-state index in [2.05, 4.69) is 38.9 Å². The summed E-state index contributed by atoms with van der Waals surface area (Å²) >= 11 is 2.14. The summed E-state index contributed by atoms with van der Waals surface area (Å²) in [4.78, 5) is 14.5. The molecule has 19 heavy (non-hydrogen) atoms. The molecular weight excluding hydrogens is 353 g/mol. The molecule has 0 aromatic heterocycles. The lowest BCUT2D eigenvalue weighted by Gasteiger charge is -2.36. The third-order valence-corrected chi connectivity index (χ3v) is 4.47. The summed E-state index contributed by atoms with van der Waals surface area (Å²) in [5, 5.41) is 12.3. The fourth-order valence-corrected chi connectivity index (χ4v) is 2.83. The van der Waals surface area contributed by atoms with E-state index in [4.69, 9.17) is 0 Å². The van der Waals surface area contributed by atoms with E-state index in [1.165, 1.54) is 0 Å². The molecule has 0 spiro atoms. The lowest BCUT2D eigenvalue weighted by Crippen LogP contribution is -2.53. The van der Waals surface area contributed by atoms with Gasteiger partial charge in [0.25, 0.3) is 5.91 Å². The van der Waals surface area contributed by atoms with Crippen LogP contribution >= 0.6 is 22.6 Å². The molecule has 0 aliphatic carbocycles. The topological polar surface area (TPSA) is 56.1 Å². The highest BCUT2D eigenvalue weighted by molar-refractivity contribution is 14.1. The van der Waals surface area contributed by atoms with Gasteiger partial charge in [-0.15, -0.1) is 0 Å². The minimum atomic E-state index is -0.720. The second-order valence-electron chi connectivity index (χ2n) is 4.93. The quantitative estimate of drug-likeness (QED) is 0.812. The van der Waals surface area contributed by atoms with E-state index in [0.29, 0.717) is 18.4 Å². The Labute approximate surface area is 126 Å². The number of hydrogen-bond acceptors (Lipinski definition) is 3. The predicted molar refractivity (Wildman–Crippen MR) is 81.7 cm³/mol. The van der Waals surface area contributed by atoms with Crippen LogP contribution in [0.4, 0.5) is 0 Å². The maximum atomic E-state index is 12.3. The second-order valence-corrected chi connectivity index (χ2v) is 6.09. The lowest BCUT2D eigenvalue weighted by atomic mass is 9.89. The number of halogens is 1. The summed E-state index contributed by atoms with van der Waals surface area (Å²) < 4.78 is 0.901. The molecule has 1 heterocycles. The molecule has 0 bridgehead atoms. The van der Waals surface area contributed by atoms with Gasteiger partial charge in [-0.25, -0.2) is 0 Å². The third kappa shape index (κ3) is 3.25. The standard InChI is InChI=1S/C14H16IN3O/c1-18-8-6-14(10-16,7-9-18)17-13(19)11-4-2-3-5-12(11)15/h2-5H,6-9H2,1H3,(H,17,19). The third-order valence-electron chi connectivity index (χ3n) is 3.53. The van der Waals surface area contributed by atoms with Gasteiger partial charge in [-0.3, -0.25) is 4.79 Å². The first-order valence-electron chi connectivity index (χ1n) is 6.23. The minimum absolute atomic E-state index is 0.156. The molecule has 1 aliphatic heterocycles. The zero-order valence-corrected chi connectivity index (χ0v) is 13.0. The van der Waals surface area contributed by atoms with E-state index < -0.39 is 5.54 Å². The fourth-order valence-electron chi connectivity index (χ4n) is 2.20. The van der Waals surface area contributed by atoms with Crippen molar-refractivity contribution < 1.29 is 4.79 Å². The average molecular weight is 369 g/mol. The molecule has 0 unspecified atom stereocenters. The van der Waals surface area contributed by atoms with Crippen LogP contribution in [0.5, 0.6) is 0 Å². The molecule has 1 aromatic carbocycles. The molecule has 1 aromatic rings. The van der Waals surface area contributed by atoms with Crippen LogP contribution in [0, 0.1) is 14.9 Å². The van der Waals surface area contributed by atoms with E-state index in [0.717, 1.165) is 16.7 Å². The van der Waals surface area contributed by atoms with Gasteiger partial charge in [0, 0.05) is 16.7 Å². The molecular formula is C14H16IN3O. The number of nitriles is 1. The van der Waals surface area contributed by atoms with Gasteiger partial charge >= 0.3 is 0 Å². The predicted octanol–water partition coefficient (Wildman–Crippen LogP) is 2.01.